The molecule has 1 N–H and O–H groups in total. The lowest BCUT2D eigenvalue weighted by Crippen LogP contribution is -2.36. The van der Waals surface area contributed by atoms with Gasteiger partial charge in [0, 0.05) is 53.2 Å². The highest BCUT2D eigenvalue weighted by molar-refractivity contribution is 7.85. The molecule has 14 heavy (non-hydrogen) atoms. The molecule has 0 bridgehead atoms. The third-order valence-electron chi connectivity index (χ3n) is 2.45. The Kier molecular flexibility index (Phi) is 2.98. The van der Waals surface area contributed by atoms with Crippen LogP contribution in [0.2, 0.25) is 0 Å². The van der Waals surface area contributed by atoms with E-state index >= 15 is 0 Å². The molecule has 2 rings (SSSR count). The zero-order valence-electron chi connectivity index (χ0n) is 8.27. The molecule has 1 aliphatic heterocycles. The van der Waals surface area contributed by atoms with Crippen molar-refractivity contribution in [3.63, 3.8) is 0 Å². The first kappa shape index (κ1) is 9.86. The fraction of sp³-hybridized carbons (Fsp3) is 0.667. The number of hydrogen-bond donors (Lipinski definition) is 1. The van der Waals surface area contributed by atoms with Gasteiger partial charge in [-0.3, -0.25) is 8.89 Å². The summed E-state index contributed by atoms with van der Waals surface area (Å²) in [7, 11) is -0.663. The molecule has 1 aromatic heterocycles. The Morgan fingerprint density at radius 1 is 1.79 bits per heavy atom. The summed E-state index contributed by atoms with van der Waals surface area (Å²) in [5.74, 6) is 1.49. The Morgan fingerprint density at radius 3 is 3.29 bits per heavy atom. The van der Waals surface area contributed by atoms with Crippen LogP contribution in [0.25, 0.3) is 0 Å². The first-order chi connectivity index (χ1) is 6.79. The van der Waals surface area contributed by atoms with Crippen molar-refractivity contribution in [2.75, 3.05) is 18.1 Å². The molecule has 2 atom stereocenters. The Morgan fingerprint density at radius 2 is 2.64 bits per heavy atom. The Labute approximate surface area is 86.1 Å². The van der Waals surface area contributed by atoms with Gasteiger partial charge in [0.05, 0.1) is 6.20 Å². The molecule has 1 aliphatic rings. The lowest BCUT2D eigenvalue weighted by Gasteiger charge is -2.21. The second-order valence-corrected chi connectivity index (χ2v) is 5.07. The summed E-state index contributed by atoms with van der Waals surface area (Å²) in [6.07, 6.45) is 3.89. The standard InChI is InChI=1S/C9H15N3OS/c1-2-12-6-8(5-11-12)9-7-14(13)4-3-10-9/h5-6,9-10H,2-4,7H2,1H3/t9-,14+/m1/s1. The number of rotatable bonds is 2. The quantitative estimate of drug-likeness (QED) is 0.768. The van der Waals surface area contributed by atoms with Crippen LogP contribution >= 0.6 is 0 Å². The van der Waals surface area contributed by atoms with Crippen LogP contribution in [0.5, 0.6) is 0 Å². The Bertz CT molecular complexity index is 337. The molecule has 1 saturated heterocycles. The van der Waals surface area contributed by atoms with E-state index in [2.05, 4.69) is 17.3 Å². The molecule has 0 radical (unpaired) electrons. The molecule has 0 amide bonds. The summed E-state index contributed by atoms with van der Waals surface area (Å²) in [6, 6.07) is 0.227. The van der Waals surface area contributed by atoms with Gasteiger partial charge in [-0.25, -0.2) is 0 Å². The van der Waals surface area contributed by atoms with Crippen molar-refractivity contribution in [3.05, 3.63) is 18.0 Å². The lowest BCUT2D eigenvalue weighted by molar-refractivity contribution is 0.570. The maximum atomic E-state index is 11.4. The average molecular weight is 213 g/mol. The Hall–Kier alpha value is -0.680. The van der Waals surface area contributed by atoms with Crippen molar-refractivity contribution in [2.45, 2.75) is 19.5 Å². The number of hydrogen-bond acceptors (Lipinski definition) is 3. The van der Waals surface area contributed by atoms with Gasteiger partial charge >= 0.3 is 0 Å². The number of aromatic nitrogens is 2. The molecule has 78 valence electrons. The predicted molar refractivity (Wildman–Crippen MR) is 56.5 cm³/mol. The van der Waals surface area contributed by atoms with Gasteiger partial charge < -0.3 is 5.32 Å². The summed E-state index contributed by atoms with van der Waals surface area (Å²) in [4.78, 5) is 0. The molecule has 0 unspecified atom stereocenters. The highest BCUT2D eigenvalue weighted by Gasteiger charge is 2.20. The zero-order chi connectivity index (χ0) is 9.97. The van der Waals surface area contributed by atoms with Crippen LogP contribution in [0.4, 0.5) is 0 Å². The van der Waals surface area contributed by atoms with Crippen molar-refractivity contribution in [1.29, 1.82) is 0 Å². The van der Waals surface area contributed by atoms with Crippen molar-refractivity contribution in [3.8, 4) is 0 Å². The van der Waals surface area contributed by atoms with E-state index in [0.29, 0.717) is 0 Å². The van der Waals surface area contributed by atoms with Crippen LogP contribution in [-0.4, -0.2) is 32.0 Å². The Balaban J connectivity index is 2.09. The fourth-order valence-corrected chi connectivity index (χ4v) is 2.82. The summed E-state index contributed by atoms with van der Waals surface area (Å²) in [5.41, 5.74) is 1.15. The van der Waals surface area contributed by atoms with Gasteiger partial charge in [-0.15, -0.1) is 0 Å². The first-order valence-corrected chi connectivity index (χ1v) is 6.39. The van der Waals surface area contributed by atoms with Gasteiger partial charge in [0.25, 0.3) is 0 Å². The second kappa shape index (κ2) is 4.23. The molecule has 0 aromatic carbocycles. The van der Waals surface area contributed by atoms with Crippen LogP contribution < -0.4 is 5.32 Å². The smallest absolute Gasteiger partial charge is 0.0537 e. The van der Waals surface area contributed by atoms with Gasteiger partial charge in [-0.05, 0) is 6.92 Å². The number of nitrogens with zero attached hydrogens (tertiary/aromatic N) is 2. The van der Waals surface area contributed by atoms with E-state index in [1.807, 2.05) is 17.1 Å². The average Bonchev–Trinajstić information content (AvgIpc) is 2.66. The third kappa shape index (κ3) is 2.04. The molecule has 2 heterocycles. The molecule has 0 aliphatic carbocycles. The van der Waals surface area contributed by atoms with Crippen LogP contribution in [-0.2, 0) is 17.3 Å². The molecular weight excluding hydrogens is 198 g/mol. The van der Waals surface area contributed by atoms with Gasteiger partial charge in [0.1, 0.15) is 0 Å². The molecule has 0 spiro atoms. The minimum absolute atomic E-state index is 0.227. The van der Waals surface area contributed by atoms with Crippen molar-refractivity contribution in [2.24, 2.45) is 0 Å². The molecule has 4 nitrogen and oxygen atoms in total. The SMILES string of the molecule is CCn1cc([C@H]2C[S@@](=O)CCN2)cn1. The second-order valence-electron chi connectivity index (χ2n) is 3.45. The third-order valence-corrected chi connectivity index (χ3v) is 3.82. The maximum absolute atomic E-state index is 11.4. The first-order valence-electron chi connectivity index (χ1n) is 4.90. The minimum atomic E-state index is -0.663. The zero-order valence-corrected chi connectivity index (χ0v) is 9.09. The van der Waals surface area contributed by atoms with Crippen molar-refractivity contribution < 1.29 is 4.21 Å². The van der Waals surface area contributed by atoms with E-state index in [1.54, 1.807) is 0 Å². The van der Waals surface area contributed by atoms with Gasteiger partial charge in [0.2, 0.25) is 0 Å². The van der Waals surface area contributed by atoms with E-state index < -0.39 is 10.8 Å². The predicted octanol–water partition coefficient (Wildman–Crippen LogP) is 0.296. The van der Waals surface area contributed by atoms with E-state index in [9.17, 15) is 4.21 Å². The minimum Gasteiger partial charge on any atom is -0.308 e. The summed E-state index contributed by atoms with van der Waals surface area (Å²) >= 11 is 0. The summed E-state index contributed by atoms with van der Waals surface area (Å²) in [5, 5.41) is 7.57. The fourth-order valence-electron chi connectivity index (χ4n) is 1.62. The van der Waals surface area contributed by atoms with E-state index in [1.165, 1.54) is 0 Å². The van der Waals surface area contributed by atoms with E-state index in [4.69, 9.17) is 0 Å². The summed E-state index contributed by atoms with van der Waals surface area (Å²) < 4.78 is 13.3. The van der Waals surface area contributed by atoms with Crippen LogP contribution in [0.3, 0.4) is 0 Å². The largest absolute Gasteiger partial charge is 0.308 e. The number of aryl methyl sites for hydroxylation is 1. The van der Waals surface area contributed by atoms with E-state index in [-0.39, 0.29) is 6.04 Å². The lowest BCUT2D eigenvalue weighted by atomic mass is 10.2. The molecular formula is C9H15N3OS. The van der Waals surface area contributed by atoms with Crippen LogP contribution in [0.15, 0.2) is 12.4 Å². The summed E-state index contributed by atoms with van der Waals surface area (Å²) in [6.45, 7) is 3.79. The van der Waals surface area contributed by atoms with E-state index in [0.717, 1.165) is 30.2 Å². The molecule has 5 heteroatoms. The topological polar surface area (TPSA) is 46.9 Å². The number of nitrogens with one attached hydrogen (secondary N) is 1. The monoisotopic (exact) mass is 213 g/mol. The van der Waals surface area contributed by atoms with Gasteiger partial charge in [-0.2, -0.15) is 5.10 Å². The van der Waals surface area contributed by atoms with Crippen LogP contribution in [0.1, 0.15) is 18.5 Å². The highest BCUT2D eigenvalue weighted by atomic mass is 32.2. The maximum Gasteiger partial charge on any atom is 0.0537 e. The normalized spacial score (nSPS) is 27.8. The van der Waals surface area contributed by atoms with Crippen molar-refractivity contribution in [1.82, 2.24) is 15.1 Å². The molecule has 1 aromatic rings. The van der Waals surface area contributed by atoms with Crippen LogP contribution in [0, 0.1) is 0 Å². The van der Waals surface area contributed by atoms with Gasteiger partial charge in [-0.1, -0.05) is 0 Å². The molecule has 1 fully saturated rings. The molecule has 0 saturated carbocycles. The van der Waals surface area contributed by atoms with Crippen molar-refractivity contribution >= 4 is 10.8 Å². The highest BCUT2D eigenvalue weighted by Crippen LogP contribution is 2.15. The van der Waals surface area contributed by atoms with Gasteiger partial charge in [0.15, 0.2) is 0 Å².